The predicted octanol–water partition coefficient (Wildman–Crippen LogP) is 1.29. The third kappa shape index (κ3) is 2.22. The van der Waals surface area contributed by atoms with Crippen molar-refractivity contribution in [3.05, 3.63) is 21.9 Å². The first kappa shape index (κ1) is 12.2. The number of methoxy groups -OCH3 is 1. The molecule has 0 aliphatic carbocycles. The minimum absolute atomic E-state index is 0.0710. The Hall–Kier alpha value is -0.850. The molecule has 0 aliphatic heterocycles. The fourth-order valence-electron chi connectivity index (χ4n) is 1.20. The molecule has 1 aromatic rings. The lowest BCUT2D eigenvalue weighted by atomic mass is 10.1. The molecule has 4 nitrogen and oxygen atoms in total. The Bertz CT molecular complexity index is 373. The number of rotatable bonds is 3. The Labute approximate surface area is 94.6 Å². The summed E-state index contributed by atoms with van der Waals surface area (Å²) in [6.07, 6.45) is 0. The molecule has 0 spiro atoms. The molecule has 0 radical (unpaired) electrons. The van der Waals surface area contributed by atoms with E-state index in [-0.39, 0.29) is 21.5 Å². The van der Waals surface area contributed by atoms with Gasteiger partial charge in [-0.25, -0.2) is 4.39 Å². The van der Waals surface area contributed by atoms with Crippen molar-refractivity contribution < 1.29 is 19.3 Å². The van der Waals surface area contributed by atoms with Crippen LogP contribution in [0.15, 0.2) is 10.5 Å². The molecule has 1 unspecified atom stereocenters. The molecule has 1 atom stereocenters. The fraction of sp³-hybridized carbons (Fsp3) is 0.333. The maximum absolute atomic E-state index is 13.7. The van der Waals surface area contributed by atoms with Gasteiger partial charge in [-0.15, -0.1) is 0 Å². The molecular weight excluding hydrogens is 269 g/mol. The van der Waals surface area contributed by atoms with E-state index < -0.39 is 18.5 Å². The molecular formula is C9H11BrFNO3. The molecule has 0 aromatic heterocycles. The molecule has 0 aliphatic rings. The zero-order chi connectivity index (χ0) is 11.6. The van der Waals surface area contributed by atoms with Gasteiger partial charge in [0.15, 0.2) is 0 Å². The van der Waals surface area contributed by atoms with E-state index in [4.69, 9.17) is 15.6 Å². The third-order valence-electron chi connectivity index (χ3n) is 1.98. The van der Waals surface area contributed by atoms with Crippen LogP contribution in [0.25, 0.3) is 0 Å². The number of phenolic OH excluding ortho intramolecular Hbond substituents is 1. The second kappa shape index (κ2) is 4.78. The lowest BCUT2D eigenvalue weighted by Gasteiger charge is -2.14. The van der Waals surface area contributed by atoms with Crippen LogP contribution in [-0.4, -0.2) is 23.9 Å². The van der Waals surface area contributed by atoms with Crippen molar-refractivity contribution in [3.8, 4) is 11.5 Å². The smallest absolute Gasteiger partial charge is 0.149 e. The minimum Gasteiger partial charge on any atom is -0.507 e. The number of aliphatic hydroxyl groups is 1. The van der Waals surface area contributed by atoms with E-state index in [1.807, 2.05) is 0 Å². The summed E-state index contributed by atoms with van der Waals surface area (Å²) >= 11 is 2.97. The van der Waals surface area contributed by atoms with Gasteiger partial charge >= 0.3 is 0 Å². The molecule has 84 valence electrons. The van der Waals surface area contributed by atoms with E-state index in [0.29, 0.717) is 0 Å². The van der Waals surface area contributed by atoms with E-state index in [0.717, 1.165) is 0 Å². The van der Waals surface area contributed by atoms with Gasteiger partial charge in [-0.2, -0.15) is 0 Å². The van der Waals surface area contributed by atoms with Crippen molar-refractivity contribution in [1.29, 1.82) is 0 Å². The number of aromatic hydroxyl groups is 1. The van der Waals surface area contributed by atoms with Crippen molar-refractivity contribution in [2.75, 3.05) is 13.7 Å². The van der Waals surface area contributed by atoms with Crippen molar-refractivity contribution in [3.63, 3.8) is 0 Å². The second-order valence-corrected chi connectivity index (χ2v) is 3.72. The minimum atomic E-state index is -0.966. The van der Waals surface area contributed by atoms with Crippen LogP contribution >= 0.6 is 15.9 Å². The SMILES string of the molecule is COc1cc(O)c(C(N)CO)c(F)c1Br. The molecule has 0 fully saturated rings. The number of hydrogen-bond acceptors (Lipinski definition) is 4. The Morgan fingerprint density at radius 1 is 1.67 bits per heavy atom. The summed E-state index contributed by atoms with van der Waals surface area (Å²) in [7, 11) is 1.35. The first-order chi connectivity index (χ1) is 7.02. The topological polar surface area (TPSA) is 75.7 Å². The Morgan fingerprint density at radius 2 is 2.27 bits per heavy atom. The highest BCUT2D eigenvalue weighted by Gasteiger charge is 2.21. The molecule has 0 amide bonds. The quantitative estimate of drug-likeness (QED) is 0.780. The molecule has 4 N–H and O–H groups in total. The standard InChI is InChI=1S/C9H11BrFNO3/c1-15-6-2-5(14)7(4(12)3-13)9(11)8(6)10/h2,4,13-14H,3,12H2,1H3. The lowest BCUT2D eigenvalue weighted by molar-refractivity contribution is 0.261. The number of nitrogens with two attached hydrogens (primary N) is 1. The largest absolute Gasteiger partial charge is 0.507 e. The van der Waals surface area contributed by atoms with Crippen LogP contribution < -0.4 is 10.5 Å². The number of halogens is 2. The van der Waals surface area contributed by atoms with Gasteiger partial charge in [0.2, 0.25) is 0 Å². The van der Waals surface area contributed by atoms with Gasteiger partial charge in [0.1, 0.15) is 17.3 Å². The number of aliphatic hydroxyl groups excluding tert-OH is 1. The van der Waals surface area contributed by atoms with Gasteiger partial charge in [-0.1, -0.05) is 0 Å². The lowest BCUT2D eigenvalue weighted by Crippen LogP contribution is -2.16. The summed E-state index contributed by atoms with van der Waals surface area (Å²) in [4.78, 5) is 0. The number of benzene rings is 1. The highest BCUT2D eigenvalue weighted by atomic mass is 79.9. The van der Waals surface area contributed by atoms with Crippen molar-refractivity contribution in [1.82, 2.24) is 0 Å². The van der Waals surface area contributed by atoms with Gasteiger partial charge < -0.3 is 20.7 Å². The van der Waals surface area contributed by atoms with Crippen molar-refractivity contribution in [2.45, 2.75) is 6.04 Å². The van der Waals surface area contributed by atoms with E-state index in [9.17, 15) is 9.50 Å². The number of ether oxygens (including phenoxy) is 1. The zero-order valence-corrected chi connectivity index (χ0v) is 9.58. The summed E-state index contributed by atoms with van der Waals surface area (Å²) in [5.74, 6) is -0.901. The second-order valence-electron chi connectivity index (χ2n) is 2.93. The molecule has 15 heavy (non-hydrogen) atoms. The van der Waals surface area contributed by atoms with Crippen molar-refractivity contribution in [2.24, 2.45) is 5.73 Å². The molecule has 6 heteroatoms. The Kier molecular flexibility index (Phi) is 3.90. The monoisotopic (exact) mass is 279 g/mol. The molecule has 0 saturated carbocycles. The van der Waals surface area contributed by atoms with Crippen LogP contribution in [0.3, 0.4) is 0 Å². The first-order valence-electron chi connectivity index (χ1n) is 4.14. The maximum atomic E-state index is 13.7. The van der Waals surface area contributed by atoms with Gasteiger partial charge in [0.05, 0.1) is 29.8 Å². The predicted molar refractivity (Wildman–Crippen MR) is 56.3 cm³/mol. The fourth-order valence-corrected chi connectivity index (χ4v) is 1.69. The highest BCUT2D eigenvalue weighted by Crippen LogP contribution is 2.37. The van der Waals surface area contributed by atoms with Gasteiger partial charge in [0, 0.05) is 6.07 Å². The zero-order valence-electron chi connectivity index (χ0n) is 8.00. The van der Waals surface area contributed by atoms with Gasteiger partial charge in [-0.3, -0.25) is 0 Å². The Balaban J connectivity index is 3.35. The summed E-state index contributed by atoms with van der Waals surface area (Å²) in [5.41, 5.74) is 5.31. The van der Waals surface area contributed by atoms with E-state index in [1.165, 1.54) is 13.2 Å². The molecule has 0 saturated heterocycles. The first-order valence-corrected chi connectivity index (χ1v) is 4.93. The third-order valence-corrected chi connectivity index (χ3v) is 2.72. The summed E-state index contributed by atoms with van der Waals surface area (Å²) in [5, 5.41) is 18.3. The maximum Gasteiger partial charge on any atom is 0.149 e. The van der Waals surface area contributed by atoms with Crippen LogP contribution in [-0.2, 0) is 0 Å². The average molecular weight is 280 g/mol. The molecule has 0 bridgehead atoms. The van der Waals surface area contributed by atoms with Crippen LogP contribution in [0.2, 0.25) is 0 Å². The number of hydrogen-bond donors (Lipinski definition) is 3. The van der Waals surface area contributed by atoms with E-state index >= 15 is 0 Å². The molecule has 1 aromatic carbocycles. The van der Waals surface area contributed by atoms with Gasteiger partial charge in [0.25, 0.3) is 0 Å². The normalized spacial score (nSPS) is 12.6. The average Bonchev–Trinajstić information content (AvgIpc) is 2.23. The highest BCUT2D eigenvalue weighted by molar-refractivity contribution is 9.10. The van der Waals surface area contributed by atoms with E-state index in [2.05, 4.69) is 15.9 Å². The molecule has 1 rings (SSSR count). The number of phenols is 1. The van der Waals surface area contributed by atoms with Gasteiger partial charge in [-0.05, 0) is 15.9 Å². The molecule has 0 heterocycles. The summed E-state index contributed by atoms with van der Waals surface area (Å²) in [6.45, 7) is -0.455. The Morgan fingerprint density at radius 3 is 2.73 bits per heavy atom. The van der Waals surface area contributed by atoms with Crippen molar-refractivity contribution >= 4 is 15.9 Å². The summed E-state index contributed by atoms with van der Waals surface area (Å²) in [6, 6.07) is 0.269. The van der Waals surface area contributed by atoms with Crippen LogP contribution in [0.5, 0.6) is 11.5 Å². The summed E-state index contributed by atoms with van der Waals surface area (Å²) < 4.78 is 18.6. The van der Waals surface area contributed by atoms with Crippen LogP contribution in [0.1, 0.15) is 11.6 Å². The van der Waals surface area contributed by atoms with Crippen LogP contribution in [0, 0.1) is 5.82 Å². The van der Waals surface area contributed by atoms with Crippen LogP contribution in [0.4, 0.5) is 4.39 Å². The van der Waals surface area contributed by atoms with E-state index in [1.54, 1.807) is 0 Å².